The molecule has 3 saturated heterocycles. The molecule has 2 saturated carbocycles. The lowest BCUT2D eigenvalue weighted by molar-refractivity contribution is -0.348. The van der Waals surface area contributed by atoms with Crippen LogP contribution in [0.15, 0.2) is 97.3 Å². The average molecular weight is 1220 g/mol. The summed E-state index contributed by atoms with van der Waals surface area (Å²) in [5.74, 6) is -3.95. The topological polar surface area (TPSA) is 381 Å². The summed E-state index contributed by atoms with van der Waals surface area (Å²) in [6.07, 6.45) is -19.5. The number of esters is 1. The van der Waals surface area contributed by atoms with E-state index in [9.17, 15) is 60.3 Å². The number of benzene rings is 3. The van der Waals surface area contributed by atoms with Crippen LogP contribution in [0.4, 0.5) is 0 Å². The Hall–Kier alpha value is -6.25. The van der Waals surface area contributed by atoms with Gasteiger partial charge in [-0.2, -0.15) is 0 Å². The predicted octanol–water partition coefficient (Wildman–Crippen LogP) is 0.987. The van der Waals surface area contributed by atoms with Crippen molar-refractivity contribution in [1.82, 2.24) is 35.3 Å². The number of carboxylic acids is 1. The quantitative estimate of drug-likeness (QED) is 0.0341. The van der Waals surface area contributed by atoms with Crippen molar-refractivity contribution >= 4 is 17.8 Å². The minimum Gasteiger partial charge on any atom is -0.479 e. The van der Waals surface area contributed by atoms with Crippen LogP contribution in [-0.4, -0.2) is 224 Å². The number of nitrogens with zero attached hydrogens (tertiary/aromatic N) is 6. The predicted molar refractivity (Wildman–Crippen MR) is 300 cm³/mol. The molecular weight excluding hydrogens is 1140 g/mol. The number of carbonyl (C=O) groups excluding carboxylic acids is 2. The van der Waals surface area contributed by atoms with Crippen LogP contribution in [0.3, 0.4) is 0 Å². The van der Waals surface area contributed by atoms with E-state index in [1.54, 1.807) is 54.9 Å². The van der Waals surface area contributed by atoms with E-state index in [1.807, 2.05) is 37.3 Å². The van der Waals surface area contributed by atoms with Crippen LogP contribution in [0.1, 0.15) is 86.3 Å². The van der Waals surface area contributed by atoms with Gasteiger partial charge in [-0.15, -0.1) is 10.2 Å². The molecule has 5 fully saturated rings. The number of hydrogen-bond donors (Lipinski definition) is 10. The molecule has 2 aromatic heterocycles. The van der Waals surface area contributed by atoms with Gasteiger partial charge in [-0.05, 0) is 57.2 Å². The second-order valence-electron chi connectivity index (χ2n) is 23.1. The zero-order valence-electron chi connectivity index (χ0n) is 48.0. The van der Waals surface area contributed by atoms with Gasteiger partial charge in [0.05, 0.1) is 56.0 Å². The number of aryl methyl sites for hydroxylation is 1. The summed E-state index contributed by atoms with van der Waals surface area (Å²) in [7, 11) is 0. The zero-order chi connectivity index (χ0) is 61.5. The normalized spacial score (nSPS) is 33.6. The smallest absolute Gasteiger partial charge is 0.338 e. The Bertz CT molecular complexity index is 3030. The first-order chi connectivity index (χ1) is 42.0. The summed E-state index contributed by atoms with van der Waals surface area (Å²) in [4.78, 5) is 42.1. The van der Waals surface area contributed by atoms with Crippen LogP contribution in [0.25, 0.3) is 22.5 Å². The van der Waals surface area contributed by atoms with Crippen molar-refractivity contribution in [1.29, 1.82) is 0 Å². The molecule has 10 rings (SSSR count). The highest BCUT2D eigenvalue weighted by atomic mass is 16.7. The van der Waals surface area contributed by atoms with E-state index >= 15 is 0 Å². The van der Waals surface area contributed by atoms with Gasteiger partial charge in [0.15, 0.2) is 31.1 Å². The molecule has 27 nitrogen and oxygen atoms in total. The molecule has 1 amide bonds. The summed E-state index contributed by atoms with van der Waals surface area (Å²) in [5, 5.41) is 120. The Kier molecular flexibility index (Phi) is 21.2. The number of rotatable bonds is 22. The molecular formula is C60H77N7O20. The largest absolute Gasteiger partial charge is 0.479 e. The highest BCUT2D eigenvalue weighted by Gasteiger charge is 2.55. The number of carboxylic acid groups (broad SMARTS) is 1. The maximum atomic E-state index is 14.8. The van der Waals surface area contributed by atoms with Crippen molar-refractivity contribution in [2.24, 2.45) is 11.8 Å². The maximum absolute atomic E-state index is 14.8. The third-order valence-corrected chi connectivity index (χ3v) is 17.1. The summed E-state index contributed by atoms with van der Waals surface area (Å²) in [6.45, 7) is 1.41. The number of aliphatic carboxylic acids is 1. The lowest BCUT2D eigenvalue weighted by Crippen LogP contribution is -2.64. The lowest BCUT2D eigenvalue weighted by atomic mass is 9.80. The number of amides is 1. The molecule has 2 aliphatic carbocycles. The monoisotopic (exact) mass is 1220 g/mol. The molecule has 10 N–H and O–H groups in total. The number of ether oxygens (including phenoxy) is 8. The number of aliphatic hydroxyl groups is 8. The standard InChI is InChI=1S/C60H77N7O20/c1-31-13-12-20-36(23-31)39-28-67(65-63-39)45-47(71)43(29-68)84-58(49(45)73)80-22-21-61-55(76)37-25-40(66-27-38(62-64-66)34-16-8-4-9-17-34)52(87-59-51(75)50(74)46(70)32(2)81-59)41(26-37)83-60-54(86-57(79)35-18-10-5-11-19-35)53(48(72)44(30-69)85-60)82-42(56(77)78)24-33-14-6-3-7-15-33/h4-5,8-13,16-20,23,27-28,32-33,37,40-54,58-60,68-75H,3,6-7,14-15,21-22,24-26,29-30H2,1-2H3,(H,61,76)(H,77,78)/t32?,37?,40?,41-,42+,43?,44+,45?,46-,47-,48+,49?,50+,51?,52-,53?,54?,58+,59+,60-/m1/s1. The molecule has 5 aromatic rings. The summed E-state index contributed by atoms with van der Waals surface area (Å²) < 4.78 is 52.9. The van der Waals surface area contributed by atoms with Crippen molar-refractivity contribution in [3.63, 3.8) is 0 Å². The molecule has 0 bridgehead atoms. The zero-order valence-corrected chi connectivity index (χ0v) is 48.0. The fourth-order valence-corrected chi connectivity index (χ4v) is 12.3. The van der Waals surface area contributed by atoms with E-state index in [4.69, 9.17) is 37.9 Å². The third kappa shape index (κ3) is 14.8. The van der Waals surface area contributed by atoms with Crippen LogP contribution in [0, 0.1) is 18.8 Å². The van der Waals surface area contributed by atoms with Crippen molar-refractivity contribution in [3.05, 3.63) is 108 Å². The molecule has 472 valence electrons. The minimum absolute atomic E-state index is 0.0373. The molecule has 27 heteroatoms. The van der Waals surface area contributed by atoms with Gasteiger partial charge < -0.3 is 89.2 Å². The Labute approximate surface area is 500 Å². The highest BCUT2D eigenvalue weighted by molar-refractivity contribution is 5.89. The first kappa shape index (κ1) is 63.8. The number of aromatic nitrogens is 6. The maximum Gasteiger partial charge on any atom is 0.338 e. The Morgan fingerprint density at radius 2 is 1.33 bits per heavy atom. The van der Waals surface area contributed by atoms with Gasteiger partial charge >= 0.3 is 11.9 Å². The molecule has 0 spiro atoms. The minimum atomic E-state index is -1.85. The van der Waals surface area contributed by atoms with Crippen molar-refractivity contribution in [2.75, 3.05) is 26.4 Å². The van der Waals surface area contributed by atoms with Gasteiger partial charge in [-0.25, -0.2) is 19.0 Å². The van der Waals surface area contributed by atoms with Gasteiger partial charge in [-0.3, -0.25) is 4.79 Å². The van der Waals surface area contributed by atoms with Crippen molar-refractivity contribution in [2.45, 2.75) is 182 Å². The van der Waals surface area contributed by atoms with Gasteiger partial charge in [0.2, 0.25) is 5.91 Å². The molecule has 3 aromatic carbocycles. The average Bonchev–Trinajstić information content (AvgIpc) is 2.95. The van der Waals surface area contributed by atoms with Crippen LogP contribution < -0.4 is 5.32 Å². The lowest BCUT2D eigenvalue weighted by Gasteiger charge is -2.48. The first-order valence-electron chi connectivity index (χ1n) is 29.6. The second kappa shape index (κ2) is 28.9. The van der Waals surface area contributed by atoms with E-state index in [0.29, 0.717) is 17.0 Å². The molecule has 87 heavy (non-hydrogen) atoms. The molecule has 9 unspecified atom stereocenters. The second-order valence-corrected chi connectivity index (χ2v) is 23.1. The van der Waals surface area contributed by atoms with Crippen molar-refractivity contribution < 1.29 is 98.2 Å². The first-order valence-corrected chi connectivity index (χ1v) is 29.6. The highest BCUT2D eigenvalue weighted by Crippen LogP contribution is 2.42. The van der Waals surface area contributed by atoms with Crippen molar-refractivity contribution in [3.8, 4) is 22.5 Å². The van der Waals surface area contributed by atoms with Crippen LogP contribution in [0.2, 0.25) is 0 Å². The fourth-order valence-electron chi connectivity index (χ4n) is 12.3. The van der Waals surface area contributed by atoms with Crippen LogP contribution in [0.5, 0.6) is 0 Å². The fraction of sp³-hybridized carbons (Fsp3) is 0.583. The van der Waals surface area contributed by atoms with Gasteiger partial charge in [-0.1, -0.05) is 115 Å². The molecule has 3 aliphatic heterocycles. The summed E-state index contributed by atoms with van der Waals surface area (Å²) in [5.41, 5.74) is 3.32. The number of aliphatic hydroxyl groups excluding tert-OH is 8. The van der Waals surface area contributed by atoms with E-state index in [0.717, 1.165) is 43.2 Å². The summed E-state index contributed by atoms with van der Waals surface area (Å²) >= 11 is 0. The van der Waals surface area contributed by atoms with Gasteiger partial charge in [0.25, 0.3) is 0 Å². The molecule has 5 aliphatic rings. The van der Waals surface area contributed by atoms with Crippen LogP contribution >= 0.6 is 0 Å². The molecule has 20 atom stereocenters. The van der Waals surface area contributed by atoms with E-state index < -0.39 is 153 Å². The van der Waals surface area contributed by atoms with Gasteiger partial charge in [0, 0.05) is 23.6 Å². The SMILES string of the molecule is Cc1cccc(-c2cn(C3C(O)[C@@H](OCCNC(=O)C4CC(n5cc(-c6ccccc6)nn5)[C@@H](O[C@@H]5OC(C)[C@@H](O)[C@H](O)C5O)[C@H](O[C@@H]5O[C@@H](CO)[C@H](O)C(O[C@@H](CC6CCCCC6)C(=O)O)C5OC(=O)c5ccccc5)C4)OC(CO)[C@H]3O)nn2)c1. The van der Waals surface area contributed by atoms with E-state index in [2.05, 4.69) is 25.9 Å². The Balaban J connectivity index is 0.956. The Morgan fingerprint density at radius 3 is 2.03 bits per heavy atom. The van der Waals surface area contributed by atoms with Gasteiger partial charge in [0.1, 0.15) is 78.5 Å². The Morgan fingerprint density at radius 1 is 0.678 bits per heavy atom. The number of nitrogens with one attached hydrogen (secondary N) is 1. The third-order valence-electron chi connectivity index (χ3n) is 17.1. The molecule has 0 radical (unpaired) electrons. The van der Waals surface area contributed by atoms with E-state index in [-0.39, 0.29) is 43.9 Å². The molecule has 5 heterocycles. The van der Waals surface area contributed by atoms with Crippen LogP contribution in [-0.2, 0) is 47.5 Å². The number of carbonyl (C=O) groups is 3. The van der Waals surface area contributed by atoms with E-state index in [1.165, 1.54) is 28.4 Å². The summed E-state index contributed by atoms with van der Waals surface area (Å²) in [6, 6.07) is 22.1. The number of hydrogen-bond acceptors (Lipinski definition) is 23.